The number of rotatable bonds is 6. The summed E-state index contributed by atoms with van der Waals surface area (Å²) in [6.45, 7) is 1.30. The van der Waals surface area contributed by atoms with Crippen LogP contribution in [0.25, 0.3) is 0 Å². The number of benzene rings is 2. The van der Waals surface area contributed by atoms with Gasteiger partial charge >= 0.3 is 5.97 Å². The van der Waals surface area contributed by atoms with Gasteiger partial charge in [0.25, 0.3) is 5.91 Å². The summed E-state index contributed by atoms with van der Waals surface area (Å²) in [5.41, 5.74) is 0.390. The molecule has 0 fully saturated rings. The number of carbonyl (C=O) groups excluding carboxylic acids is 2. The molecule has 0 aliphatic rings. The molecule has 2 aromatic rings. The lowest BCUT2D eigenvalue weighted by atomic mass is 10.1. The van der Waals surface area contributed by atoms with Crippen molar-refractivity contribution in [2.75, 3.05) is 11.6 Å². The molecule has 0 saturated carbocycles. The number of carbonyl (C=O) groups is 2. The van der Waals surface area contributed by atoms with Crippen molar-refractivity contribution in [2.45, 2.75) is 18.8 Å². The van der Waals surface area contributed by atoms with Crippen LogP contribution in [0, 0.1) is 11.6 Å². The van der Waals surface area contributed by atoms with Crippen LogP contribution < -0.4 is 5.32 Å². The Hall–Kier alpha value is -2.81. The lowest BCUT2D eigenvalue weighted by Gasteiger charge is -2.14. The van der Waals surface area contributed by atoms with Gasteiger partial charge in [0.1, 0.15) is 11.6 Å². The number of halogens is 2. The van der Waals surface area contributed by atoms with Gasteiger partial charge in [0.05, 0.1) is 17.0 Å². The molecular weight excluding hydrogens is 380 g/mol. The average Bonchev–Trinajstić information content (AvgIpc) is 2.56. The number of hydrogen-bond donors (Lipinski definition) is 1. The van der Waals surface area contributed by atoms with Crippen molar-refractivity contribution in [1.29, 1.82) is 0 Å². The smallest absolute Gasteiger partial charge is 0.338 e. The van der Waals surface area contributed by atoms with Crippen molar-refractivity contribution in [2.24, 2.45) is 0 Å². The Balaban J connectivity index is 1.98. The van der Waals surface area contributed by atoms with Gasteiger partial charge in [-0.1, -0.05) is 12.1 Å². The fourth-order valence-electron chi connectivity index (χ4n) is 2.15. The minimum Gasteiger partial charge on any atom is -0.449 e. The second-order valence-electron chi connectivity index (χ2n) is 5.93. The van der Waals surface area contributed by atoms with Gasteiger partial charge in [0.2, 0.25) is 0 Å². The van der Waals surface area contributed by atoms with Crippen LogP contribution >= 0.6 is 0 Å². The van der Waals surface area contributed by atoms with Gasteiger partial charge in [0, 0.05) is 12.3 Å². The number of anilines is 1. The molecule has 1 N–H and O–H groups in total. The standard InChI is InChI=1S/C18H17F2NO5S/c1-11(17(22)21-16-8-7-14(19)9-15(16)20)26-18(23)13-5-3-12(4-6-13)10-27(2,24)25/h3-9,11H,10H2,1-2H3,(H,21,22)/t11-/m1/s1. The van der Waals surface area contributed by atoms with Crippen molar-refractivity contribution in [3.63, 3.8) is 0 Å². The quantitative estimate of drug-likeness (QED) is 0.757. The van der Waals surface area contributed by atoms with E-state index >= 15 is 0 Å². The highest BCUT2D eigenvalue weighted by Crippen LogP contribution is 2.16. The molecule has 0 spiro atoms. The van der Waals surface area contributed by atoms with Crippen LogP contribution in [0.1, 0.15) is 22.8 Å². The SMILES string of the molecule is C[C@@H](OC(=O)c1ccc(CS(C)(=O)=O)cc1)C(=O)Nc1ccc(F)cc1F. The Morgan fingerprint density at radius 1 is 1.11 bits per heavy atom. The lowest BCUT2D eigenvalue weighted by Crippen LogP contribution is -2.30. The van der Waals surface area contributed by atoms with Gasteiger partial charge < -0.3 is 10.1 Å². The molecule has 0 aliphatic carbocycles. The molecule has 6 nitrogen and oxygen atoms in total. The van der Waals surface area contributed by atoms with Gasteiger partial charge in [-0.2, -0.15) is 0 Å². The molecule has 0 heterocycles. The van der Waals surface area contributed by atoms with Gasteiger partial charge in [-0.25, -0.2) is 22.0 Å². The van der Waals surface area contributed by atoms with Gasteiger partial charge in [-0.3, -0.25) is 4.79 Å². The first-order chi connectivity index (χ1) is 12.5. The Bertz CT molecular complexity index is 958. The maximum absolute atomic E-state index is 13.6. The van der Waals surface area contributed by atoms with Crippen LogP contribution in [-0.4, -0.2) is 32.7 Å². The summed E-state index contributed by atoms with van der Waals surface area (Å²) in [6, 6.07) is 8.35. The summed E-state index contributed by atoms with van der Waals surface area (Å²) in [6.07, 6.45) is -0.142. The van der Waals surface area contributed by atoms with Crippen LogP contribution in [0.15, 0.2) is 42.5 Å². The largest absolute Gasteiger partial charge is 0.449 e. The minimum absolute atomic E-state index is 0.125. The number of sulfone groups is 1. The highest BCUT2D eigenvalue weighted by Gasteiger charge is 2.20. The van der Waals surface area contributed by atoms with Gasteiger partial charge in [-0.05, 0) is 36.8 Å². The second-order valence-corrected chi connectivity index (χ2v) is 8.07. The van der Waals surface area contributed by atoms with E-state index in [0.717, 1.165) is 18.4 Å². The van der Waals surface area contributed by atoms with E-state index in [1.54, 1.807) is 0 Å². The highest BCUT2D eigenvalue weighted by atomic mass is 32.2. The molecule has 0 unspecified atom stereocenters. The lowest BCUT2D eigenvalue weighted by molar-refractivity contribution is -0.123. The first-order valence-electron chi connectivity index (χ1n) is 7.79. The van der Waals surface area contributed by atoms with Crippen LogP contribution in [0.5, 0.6) is 0 Å². The minimum atomic E-state index is -3.20. The molecule has 9 heteroatoms. The van der Waals surface area contributed by atoms with Crippen LogP contribution in [-0.2, 0) is 25.1 Å². The normalized spacial score (nSPS) is 12.3. The van der Waals surface area contributed by atoms with Crippen molar-refractivity contribution in [1.82, 2.24) is 0 Å². The maximum atomic E-state index is 13.6. The van der Waals surface area contributed by atoms with E-state index in [4.69, 9.17) is 4.74 Å². The van der Waals surface area contributed by atoms with Gasteiger partial charge in [-0.15, -0.1) is 0 Å². The summed E-state index contributed by atoms with van der Waals surface area (Å²) < 4.78 is 53.9. The molecule has 0 saturated heterocycles. The molecule has 0 aliphatic heterocycles. The molecule has 2 aromatic carbocycles. The molecule has 0 radical (unpaired) electrons. The summed E-state index contributed by atoms with van der Waals surface area (Å²) in [5, 5.41) is 2.20. The molecule has 1 atom stereocenters. The van der Waals surface area contributed by atoms with Crippen molar-refractivity contribution in [3.8, 4) is 0 Å². The van der Waals surface area contributed by atoms with E-state index in [2.05, 4.69) is 5.32 Å². The van der Waals surface area contributed by atoms with Crippen molar-refractivity contribution in [3.05, 3.63) is 65.2 Å². The van der Waals surface area contributed by atoms with Crippen molar-refractivity contribution >= 4 is 27.4 Å². The number of esters is 1. The topological polar surface area (TPSA) is 89.5 Å². The van der Waals surface area contributed by atoms with Crippen molar-refractivity contribution < 1.29 is 31.5 Å². The predicted octanol–water partition coefficient (Wildman–Crippen LogP) is 2.69. The molecule has 0 bridgehead atoms. The Kier molecular flexibility index (Phi) is 6.27. The number of amides is 1. The first-order valence-corrected chi connectivity index (χ1v) is 9.85. The summed E-state index contributed by atoms with van der Waals surface area (Å²) in [5.74, 6) is -3.50. The predicted molar refractivity (Wildman–Crippen MR) is 94.9 cm³/mol. The van der Waals surface area contributed by atoms with E-state index < -0.39 is 39.5 Å². The van der Waals surface area contributed by atoms with E-state index in [-0.39, 0.29) is 17.0 Å². The third kappa shape index (κ3) is 6.14. The Morgan fingerprint density at radius 3 is 2.30 bits per heavy atom. The average molecular weight is 397 g/mol. The third-order valence-corrected chi connectivity index (χ3v) is 4.32. The van der Waals surface area contributed by atoms with Crippen LogP contribution in [0.2, 0.25) is 0 Å². The first kappa shape index (κ1) is 20.5. The zero-order valence-corrected chi connectivity index (χ0v) is 15.3. The zero-order chi connectivity index (χ0) is 20.2. The molecule has 0 aromatic heterocycles. The van der Waals surface area contributed by atoms with E-state index in [1.165, 1.54) is 31.2 Å². The number of ether oxygens (including phenoxy) is 1. The maximum Gasteiger partial charge on any atom is 0.338 e. The van der Waals surface area contributed by atoms with Crippen LogP contribution in [0.3, 0.4) is 0 Å². The fraction of sp³-hybridized carbons (Fsp3) is 0.222. The molecule has 1 amide bonds. The zero-order valence-electron chi connectivity index (χ0n) is 14.5. The molecule has 144 valence electrons. The Labute approximate surface area is 155 Å². The summed E-state index contributed by atoms with van der Waals surface area (Å²) in [7, 11) is -3.20. The molecular formula is C18H17F2NO5S. The monoisotopic (exact) mass is 397 g/mol. The van der Waals surface area contributed by atoms with E-state index in [0.29, 0.717) is 11.6 Å². The summed E-state index contributed by atoms with van der Waals surface area (Å²) >= 11 is 0. The third-order valence-electron chi connectivity index (χ3n) is 3.46. The highest BCUT2D eigenvalue weighted by molar-refractivity contribution is 7.89. The molecule has 27 heavy (non-hydrogen) atoms. The van der Waals surface area contributed by atoms with Gasteiger partial charge in [0.15, 0.2) is 15.9 Å². The number of hydrogen-bond acceptors (Lipinski definition) is 5. The number of nitrogens with one attached hydrogen (secondary N) is 1. The molecule has 2 rings (SSSR count). The van der Waals surface area contributed by atoms with E-state index in [9.17, 15) is 26.8 Å². The summed E-state index contributed by atoms with van der Waals surface area (Å²) in [4.78, 5) is 24.1. The fourth-order valence-corrected chi connectivity index (χ4v) is 2.95. The second kappa shape index (κ2) is 8.26. The van der Waals surface area contributed by atoms with E-state index in [1.807, 2.05) is 0 Å². The van der Waals surface area contributed by atoms with Crippen LogP contribution in [0.4, 0.5) is 14.5 Å². The Morgan fingerprint density at radius 2 is 1.74 bits per heavy atom.